The zero-order chi connectivity index (χ0) is 17.0. The predicted octanol–water partition coefficient (Wildman–Crippen LogP) is 2.80. The molecule has 6 heteroatoms. The molecule has 2 aromatic rings. The highest BCUT2D eigenvalue weighted by Crippen LogP contribution is 2.32. The van der Waals surface area contributed by atoms with Crippen LogP contribution < -0.4 is 14.2 Å². The molecule has 2 aromatic carbocycles. The molecule has 23 heavy (non-hydrogen) atoms. The number of sulfonamides is 1. The first-order valence-electron chi connectivity index (χ1n) is 7.15. The lowest BCUT2D eigenvalue weighted by Gasteiger charge is -2.14. The summed E-state index contributed by atoms with van der Waals surface area (Å²) in [6, 6.07) is 10.8. The number of methoxy groups -OCH3 is 2. The van der Waals surface area contributed by atoms with E-state index in [-0.39, 0.29) is 11.4 Å². The van der Waals surface area contributed by atoms with Gasteiger partial charge in [-0.25, -0.2) is 13.1 Å². The normalized spacial score (nSPS) is 11.3. The molecule has 1 N–H and O–H groups in total. The first-order valence-corrected chi connectivity index (χ1v) is 8.63. The van der Waals surface area contributed by atoms with Gasteiger partial charge in [0, 0.05) is 12.6 Å². The summed E-state index contributed by atoms with van der Waals surface area (Å²) < 4.78 is 38.1. The van der Waals surface area contributed by atoms with Crippen LogP contribution in [0.5, 0.6) is 11.5 Å². The number of rotatable bonds is 6. The quantitative estimate of drug-likeness (QED) is 0.882. The highest BCUT2D eigenvalue weighted by Gasteiger charge is 2.20. The molecule has 5 nitrogen and oxygen atoms in total. The first kappa shape index (κ1) is 17.3. The molecular weight excluding hydrogens is 314 g/mol. The Kier molecular flexibility index (Phi) is 5.28. The molecule has 0 amide bonds. The maximum atomic E-state index is 12.6. The molecule has 0 unspecified atom stereocenters. The Labute approximate surface area is 137 Å². The van der Waals surface area contributed by atoms with Crippen molar-refractivity contribution in [2.24, 2.45) is 0 Å². The van der Waals surface area contributed by atoms with E-state index in [1.807, 2.05) is 31.2 Å². The zero-order valence-electron chi connectivity index (χ0n) is 13.7. The summed E-state index contributed by atoms with van der Waals surface area (Å²) in [6.07, 6.45) is 0. The SMILES string of the molecule is COc1cc(C)c(S(=O)(=O)NCc2ccc(C)cc2)cc1OC. The molecule has 0 aromatic heterocycles. The summed E-state index contributed by atoms with van der Waals surface area (Å²) >= 11 is 0. The third-order valence-electron chi connectivity index (χ3n) is 3.56. The Morgan fingerprint density at radius 3 is 2.09 bits per heavy atom. The fraction of sp³-hybridized carbons (Fsp3) is 0.294. The fourth-order valence-electron chi connectivity index (χ4n) is 2.21. The number of aryl methyl sites for hydroxylation is 2. The fourth-order valence-corrected chi connectivity index (χ4v) is 3.47. The molecule has 0 spiro atoms. The lowest BCUT2D eigenvalue weighted by molar-refractivity contribution is 0.353. The van der Waals surface area contributed by atoms with Crippen molar-refractivity contribution < 1.29 is 17.9 Å². The van der Waals surface area contributed by atoms with E-state index in [1.54, 1.807) is 13.0 Å². The molecule has 2 rings (SSSR count). The predicted molar refractivity (Wildman–Crippen MR) is 89.5 cm³/mol. The van der Waals surface area contributed by atoms with E-state index in [4.69, 9.17) is 9.47 Å². The van der Waals surface area contributed by atoms with Gasteiger partial charge in [0.2, 0.25) is 10.0 Å². The molecule has 0 aliphatic carbocycles. The minimum absolute atomic E-state index is 0.183. The smallest absolute Gasteiger partial charge is 0.241 e. The lowest BCUT2D eigenvalue weighted by atomic mass is 10.2. The summed E-state index contributed by atoms with van der Waals surface area (Å²) in [4.78, 5) is 0.183. The van der Waals surface area contributed by atoms with Gasteiger partial charge in [0.25, 0.3) is 0 Å². The van der Waals surface area contributed by atoms with E-state index in [0.717, 1.165) is 11.1 Å². The second kappa shape index (κ2) is 7.02. The van der Waals surface area contributed by atoms with Gasteiger partial charge in [0.15, 0.2) is 11.5 Å². The molecule has 0 saturated carbocycles. The maximum absolute atomic E-state index is 12.6. The van der Waals surface area contributed by atoms with Crippen LogP contribution in [0.25, 0.3) is 0 Å². The highest BCUT2D eigenvalue weighted by molar-refractivity contribution is 7.89. The molecule has 0 saturated heterocycles. The average molecular weight is 335 g/mol. The van der Waals surface area contributed by atoms with Crippen molar-refractivity contribution >= 4 is 10.0 Å². The topological polar surface area (TPSA) is 64.6 Å². The van der Waals surface area contributed by atoms with E-state index < -0.39 is 10.0 Å². The largest absolute Gasteiger partial charge is 0.493 e. The van der Waals surface area contributed by atoms with Crippen molar-refractivity contribution in [3.05, 3.63) is 53.1 Å². The number of hydrogen-bond acceptors (Lipinski definition) is 4. The average Bonchev–Trinajstić information content (AvgIpc) is 2.53. The van der Waals surface area contributed by atoms with Gasteiger partial charge in [0.05, 0.1) is 19.1 Å². The maximum Gasteiger partial charge on any atom is 0.241 e. The van der Waals surface area contributed by atoms with Gasteiger partial charge >= 0.3 is 0 Å². The third-order valence-corrected chi connectivity index (χ3v) is 5.10. The van der Waals surface area contributed by atoms with Crippen molar-refractivity contribution in [2.75, 3.05) is 14.2 Å². The van der Waals surface area contributed by atoms with Crippen LogP contribution in [-0.2, 0) is 16.6 Å². The van der Waals surface area contributed by atoms with Crippen molar-refractivity contribution in [2.45, 2.75) is 25.3 Å². The zero-order valence-corrected chi connectivity index (χ0v) is 14.5. The van der Waals surface area contributed by atoms with Crippen LogP contribution in [0.15, 0.2) is 41.3 Å². The molecule has 0 atom stereocenters. The van der Waals surface area contributed by atoms with Gasteiger partial charge in [-0.2, -0.15) is 0 Å². The molecule has 0 radical (unpaired) electrons. The van der Waals surface area contributed by atoms with Gasteiger partial charge < -0.3 is 9.47 Å². The summed E-state index contributed by atoms with van der Waals surface area (Å²) in [5.41, 5.74) is 2.63. The minimum Gasteiger partial charge on any atom is -0.493 e. The van der Waals surface area contributed by atoms with Crippen LogP contribution in [-0.4, -0.2) is 22.6 Å². The molecular formula is C17H21NO4S. The summed E-state index contributed by atoms with van der Waals surface area (Å²) in [5.74, 6) is 0.885. The lowest BCUT2D eigenvalue weighted by Crippen LogP contribution is -2.24. The second-order valence-electron chi connectivity index (χ2n) is 5.28. The van der Waals surface area contributed by atoms with Crippen molar-refractivity contribution in [3.8, 4) is 11.5 Å². The summed E-state index contributed by atoms with van der Waals surface area (Å²) in [6.45, 7) is 3.94. The van der Waals surface area contributed by atoms with Crippen LogP contribution >= 0.6 is 0 Å². The highest BCUT2D eigenvalue weighted by atomic mass is 32.2. The Hall–Kier alpha value is -2.05. The van der Waals surface area contributed by atoms with Crippen molar-refractivity contribution in [3.63, 3.8) is 0 Å². The molecule has 0 aliphatic rings. The molecule has 0 fully saturated rings. The van der Waals surface area contributed by atoms with Crippen molar-refractivity contribution in [1.29, 1.82) is 0 Å². The van der Waals surface area contributed by atoms with E-state index in [0.29, 0.717) is 17.1 Å². The number of ether oxygens (including phenoxy) is 2. The van der Waals surface area contributed by atoms with Crippen LogP contribution in [0.4, 0.5) is 0 Å². The Morgan fingerprint density at radius 2 is 1.52 bits per heavy atom. The third kappa shape index (κ3) is 4.03. The monoisotopic (exact) mass is 335 g/mol. The van der Waals surface area contributed by atoms with Crippen LogP contribution in [0.2, 0.25) is 0 Å². The Bertz CT molecular complexity index is 783. The van der Waals surface area contributed by atoms with Crippen molar-refractivity contribution in [1.82, 2.24) is 4.72 Å². The summed E-state index contributed by atoms with van der Waals surface area (Å²) in [5, 5.41) is 0. The van der Waals surface area contributed by atoms with E-state index in [1.165, 1.54) is 20.3 Å². The van der Waals surface area contributed by atoms with Gasteiger partial charge in [-0.3, -0.25) is 0 Å². The molecule has 124 valence electrons. The van der Waals surface area contributed by atoms with E-state index >= 15 is 0 Å². The second-order valence-corrected chi connectivity index (χ2v) is 7.02. The standard InChI is InChI=1S/C17H21NO4S/c1-12-5-7-14(8-6-12)11-18-23(19,20)17-10-16(22-4)15(21-3)9-13(17)2/h5-10,18H,11H2,1-4H3. The van der Waals surface area contributed by atoms with E-state index in [9.17, 15) is 8.42 Å². The van der Waals surface area contributed by atoms with E-state index in [2.05, 4.69) is 4.72 Å². The van der Waals surface area contributed by atoms with Crippen LogP contribution in [0.1, 0.15) is 16.7 Å². The number of benzene rings is 2. The van der Waals surface area contributed by atoms with Gasteiger partial charge in [-0.1, -0.05) is 29.8 Å². The van der Waals surface area contributed by atoms with Gasteiger partial charge in [-0.05, 0) is 31.0 Å². The molecule has 0 aliphatic heterocycles. The van der Waals surface area contributed by atoms with Gasteiger partial charge in [-0.15, -0.1) is 0 Å². The number of hydrogen-bond donors (Lipinski definition) is 1. The molecule has 0 heterocycles. The summed E-state index contributed by atoms with van der Waals surface area (Å²) in [7, 11) is -0.652. The Morgan fingerprint density at radius 1 is 0.957 bits per heavy atom. The first-order chi connectivity index (χ1) is 10.9. The molecule has 0 bridgehead atoms. The number of nitrogens with one attached hydrogen (secondary N) is 1. The Balaban J connectivity index is 2.27. The van der Waals surface area contributed by atoms with Gasteiger partial charge in [0.1, 0.15) is 0 Å². The van der Waals surface area contributed by atoms with Crippen LogP contribution in [0, 0.1) is 13.8 Å². The van der Waals surface area contributed by atoms with Crippen LogP contribution in [0.3, 0.4) is 0 Å². The minimum atomic E-state index is -3.64.